The molecule has 1 aliphatic carbocycles. The maximum atomic E-state index is 11.6. The smallest absolute Gasteiger partial charge is 0.235 e. The second-order valence-corrected chi connectivity index (χ2v) is 3.41. The summed E-state index contributed by atoms with van der Waals surface area (Å²) in [6.07, 6.45) is 6.08. The summed E-state index contributed by atoms with van der Waals surface area (Å²) >= 11 is 0. The fourth-order valence-electron chi connectivity index (χ4n) is 1.38. The monoisotopic (exact) mass is 179 g/mol. The van der Waals surface area contributed by atoms with Gasteiger partial charge < -0.3 is 5.73 Å². The lowest BCUT2D eigenvalue weighted by Crippen LogP contribution is -2.16. The van der Waals surface area contributed by atoms with Crippen LogP contribution in [0, 0.1) is 5.92 Å². The Morgan fingerprint density at radius 3 is 3.08 bits per heavy atom. The molecule has 70 valence electrons. The van der Waals surface area contributed by atoms with E-state index in [-0.39, 0.29) is 11.8 Å². The minimum Gasteiger partial charge on any atom is -0.330 e. The van der Waals surface area contributed by atoms with E-state index in [4.69, 9.17) is 5.73 Å². The molecule has 1 aromatic rings. The average Bonchev–Trinajstić information content (AvgIpc) is 2.87. The molecule has 4 heteroatoms. The number of nitrogens with two attached hydrogens (primary N) is 1. The molecule has 1 aromatic heterocycles. The summed E-state index contributed by atoms with van der Waals surface area (Å²) in [7, 11) is 0. The van der Waals surface area contributed by atoms with Crippen LogP contribution in [-0.4, -0.2) is 22.0 Å². The minimum absolute atomic E-state index is 0.181. The van der Waals surface area contributed by atoms with Gasteiger partial charge in [0, 0.05) is 24.2 Å². The maximum Gasteiger partial charge on any atom is 0.235 e. The molecule has 0 unspecified atom stereocenters. The SMILES string of the molecule is NCCc1cncn1C(=O)C1CC1. The van der Waals surface area contributed by atoms with E-state index in [1.165, 1.54) is 0 Å². The van der Waals surface area contributed by atoms with Crippen molar-refractivity contribution in [3.05, 3.63) is 18.2 Å². The van der Waals surface area contributed by atoms with Gasteiger partial charge >= 0.3 is 0 Å². The summed E-state index contributed by atoms with van der Waals surface area (Å²) < 4.78 is 1.64. The molecule has 13 heavy (non-hydrogen) atoms. The molecule has 0 saturated heterocycles. The van der Waals surface area contributed by atoms with Gasteiger partial charge in [0.15, 0.2) is 0 Å². The number of aromatic nitrogens is 2. The van der Waals surface area contributed by atoms with Crippen molar-refractivity contribution in [1.29, 1.82) is 0 Å². The van der Waals surface area contributed by atoms with Crippen LogP contribution in [0.25, 0.3) is 0 Å². The van der Waals surface area contributed by atoms with Crippen LogP contribution in [0.3, 0.4) is 0 Å². The molecule has 0 atom stereocenters. The van der Waals surface area contributed by atoms with E-state index in [1.807, 2.05) is 0 Å². The summed E-state index contributed by atoms with van der Waals surface area (Å²) in [6, 6.07) is 0. The highest BCUT2D eigenvalue weighted by atomic mass is 16.2. The minimum atomic E-state index is 0.181. The predicted octanol–water partition coefficient (Wildman–Crippen LogP) is 0.434. The molecule has 0 bridgehead atoms. The van der Waals surface area contributed by atoms with Crippen molar-refractivity contribution in [1.82, 2.24) is 9.55 Å². The van der Waals surface area contributed by atoms with Crippen LogP contribution in [-0.2, 0) is 6.42 Å². The van der Waals surface area contributed by atoms with E-state index in [9.17, 15) is 4.79 Å². The van der Waals surface area contributed by atoms with Crippen molar-refractivity contribution in [3.63, 3.8) is 0 Å². The lowest BCUT2D eigenvalue weighted by molar-refractivity contribution is 0.0883. The van der Waals surface area contributed by atoms with Gasteiger partial charge in [-0.2, -0.15) is 0 Å². The van der Waals surface area contributed by atoms with Gasteiger partial charge in [-0.3, -0.25) is 9.36 Å². The second-order valence-electron chi connectivity index (χ2n) is 3.41. The Morgan fingerprint density at radius 2 is 2.46 bits per heavy atom. The lowest BCUT2D eigenvalue weighted by atomic mass is 10.3. The van der Waals surface area contributed by atoms with E-state index in [0.29, 0.717) is 6.54 Å². The van der Waals surface area contributed by atoms with Crippen LogP contribution >= 0.6 is 0 Å². The Kier molecular flexibility index (Phi) is 2.14. The molecule has 1 heterocycles. The summed E-state index contributed by atoms with van der Waals surface area (Å²) in [5, 5.41) is 0. The molecule has 0 amide bonds. The van der Waals surface area contributed by atoms with E-state index in [1.54, 1.807) is 17.1 Å². The molecule has 4 nitrogen and oxygen atoms in total. The Morgan fingerprint density at radius 1 is 1.69 bits per heavy atom. The van der Waals surface area contributed by atoms with E-state index in [2.05, 4.69) is 4.98 Å². The fraction of sp³-hybridized carbons (Fsp3) is 0.556. The Bertz CT molecular complexity index is 314. The zero-order valence-electron chi connectivity index (χ0n) is 7.44. The van der Waals surface area contributed by atoms with Gasteiger partial charge in [0.2, 0.25) is 5.91 Å². The zero-order chi connectivity index (χ0) is 9.26. The highest BCUT2D eigenvalue weighted by Crippen LogP contribution is 2.30. The molecule has 1 aliphatic rings. The largest absolute Gasteiger partial charge is 0.330 e. The van der Waals surface area contributed by atoms with Crippen molar-refractivity contribution in [3.8, 4) is 0 Å². The molecule has 2 N–H and O–H groups in total. The first-order chi connectivity index (χ1) is 6.33. The normalized spacial score (nSPS) is 16.1. The van der Waals surface area contributed by atoms with Gasteiger partial charge in [-0.25, -0.2) is 4.98 Å². The molecular formula is C9H13N3O. The highest BCUT2D eigenvalue weighted by Gasteiger charge is 2.31. The van der Waals surface area contributed by atoms with Gasteiger partial charge in [0.25, 0.3) is 0 Å². The van der Waals surface area contributed by atoms with Crippen LogP contribution in [0.4, 0.5) is 0 Å². The Labute approximate surface area is 76.8 Å². The predicted molar refractivity (Wildman–Crippen MR) is 48.3 cm³/mol. The summed E-state index contributed by atoms with van der Waals surface area (Å²) in [6.45, 7) is 0.559. The highest BCUT2D eigenvalue weighted by molar-refractivity contribution is 5.83. The number of rotatable bonds is 3. The van der Waals surface area contributed by atoms with E-state index in [0.717, 1.165) is 25.0 Å². The average molecular weight is 179 g/mol. The van der Waals surface area contributed by atoms with Gasteiger partial charge in [-0.1, -0.05) is 0 Å². The van der Waals surface area contributed by atoms with Crippen LogP contribution in [0.2, 0.25) is 0 Å². The van der Waals surface area contributed by atoms with E-state index >= 15 is 0 Å². The van der Waals surface area contributed by atoms with Gasteiger partial charge in [0.1, 0.15) is 6.33 Å². The van der Waals surface area contributed by atoms with Crippen molar-refractivity contribution in [2.45, 2.75) is 19.3 Å². The zero-order valence-corrected chi connectivity index (χ0v) is 7.44. The Balaban J connectivity index is 2.17. The standard InChI is InChI=1S/C9H13N3O/c10-4-3-8-5-11-6-12(8)9(13)7-1-2-7/h5-7H,1-4,10H2. The number of carbonyl (C=O) groups excluding carboxylic acids is 1. The lowest BCUT2D eigenvalue weighted by Gasteiger charge is -2.03. The molecule has 0 aromatic carbocycles. The number of nitrogens with zero attached hydrogens (tertiary/aromatic N) is 2. The second kappa shape index (κ2) is 3.30. The van der Waals surface area contributed by atoms with Crippen LogP contribution < -0.4 is 5.73 Å². The quantitative estimate of drug-likeness (QED) is 0.732. The maximum absolute atomic E-state index is 11.6. The van der Waals surface area contributed by atoms with E-state index < -0.39 is 0 Å². The molecule has 0 aliphatic heterocycles. The topological polar surface area (TPSA) is 60.9 Å². The van der Waals surface area contributed by atoms with Crippen molar-refractivity contribution in [2.24, 2.45) is 11.7 Å². The van der Waals surface area contributed by atoms with Crippen molar-refractivity contribution >= 4 is 5.91 Å². The molecule has 0 spiro atoms. The molecule has 2 rings (SSSR count). The third-order valence-corrected chi connectivity index (χ3v) is 2.28. The first kappa shape index (κ1) is 8.44. The van der Waals surface area contributed by atoms with Crippen molar-refractivity contribution < 1.29 is 4.79 Å². The van der Waals surface area contributed by atoms with Crippen LogP contribution in [0.1, 0.15) is 23.3 Å². The molecule has 1 fully saturated rings. The molecule has 1 saturated carbocycles. The number of carbonyl (C=O) groups is 1. The third kappa shape index (κ3) is 1.62. The third-order valence-electron chi connectivity index (χ3n) is 2.28. The fourth-order valence-corrected chi connectivity index (χ4v) is 1.38. The summed E-state index contributed by atoms with van der Waals surface area (Å²) in [5.41, 5.74) is 6.36. The first-order valence-electron chi connectivity index (χ1n) is 4.58. The number of hydrogen-bond acceptors (Lipinski definition) is 3. The summed E-state index contributed by atoms with van der Waals surface area (Å²) in [4.78, 5) is 15.6. The van der Waals surface area contributed by atoms with Crippen LogP contribution in [0.5, 0.6) is 0 Å². The van der Waals surface area contributed by atoms with Gasteiger partial charge in [0.05, 0.1) is 0 Å². The van der Waals surface area contributed by atoms with Gasteiger partial charge in [-0.15, -0.1) is 0 Å². The number of hydrogen-bond donors (Lipinski definition) is 1. The van der Waals surface area contributed by atoms with Gasteiger partial charge in [-0.05, 0) is 19.4 Å². The summed E-state index contributed by atoms with van der Waals surface area (Å²) in [5.74, 6) is 0.423. The molecular weight excluding hydrogens is 166 g/mol. The first-order valence-corrected chi connectivity index (χ1v) is 4.58. The van der Waals surface area contributed by atoms with Crippen LogP contribution in [0.15, 0.2) is 12.5 Å². The molecule has 0 radical (unpaired) electrons. The van der Waals surface area contributed by atoms with Crippen molar-refractivity contribution in [2.75, 3.05) is 6.54 Å². The number of imidazole rings is 1. The Hall–Kier alpha value is -1.16.